The fraction of sp³-hybridized carbons (Fsp3) is 0.412. The molecule has 1 fully saturated rings. The van der Waals surface area contributed by atoms with E-state index in [4.69, 9.17) is 5.73 Å². The second-order valence-electron chi connectivity index (χ2n) is 6.65. The Morgan fingerprint density at radius 3 is 2.70 bits per heavy atom. The minimum atomic E-state index is 0. The lowest BCUT2D eigenvalue weighted by atomic mass is 9.81. The Kier molecular flexibility index (Phi) is 6.24. The zero-order valence-electron chi connectivity index (χ0n) is 13.3. The number of nitrogens with two attached hydrogens (primary N) is 1. The zero-order valence-corrected chi connectivity index (χ0v) is 15.0. The molecule has 1 aliphatic heterocycles. The van der Waals surface area contributed by atoms with Gasteiger partial charge in [-0.1, -0.05) is 13.8 Å². The van der Waals surface area contributed by atoms with Gasteiger partial charge in [0.2, 0.25) is 0 Å². The van der Waals surface area contributed by atoms with Crippen molar-refractivity contribution in [3.05, 3.63) is 36.0 Å². The van der Waals surface area contributed by atoms with E-state index < -0.39 is 0 Å². The van der Waals surface area contributed by atoms with Crippen LogP contribution in [0.5, 0.6) is 0 Å². The molecule has 2 heterocycles. The predicted octanol–water partition coefficient (Wildman–Crippen LogP) is 3.51. The molecular formula is C17H22Cl2N4. The van der Waals surface area contributed by atoms with Crippen LogP contribution in [0.2, 0.25) is 0 Å². The van der Waals surface area contributed by atoms with Gasteiger partial charge in [-0.05, 0) is 36.1 Å². The van der Waals surface area contributed by atoms with Gasteiger partial charge in [-0.15, -0.1) is 24.8 Å². The van der Waals surface area contributed by atoms with E-state index in [0.717, 1.165) is 36.1 Å². The maximum absolute atomic E-state index is 9.24. The highest BCUT2D eigenvalue weighted by atomic mass is 35.5. The van der Waals surface area contributed by atoms with Crippen LogP contribution in [0.15, 0.2) is 30.5 Å². The average Bonchev–Trinajstić information content (AvgIpc) is 2.44. The molecule has 1 aliphatic rings. The lowest BCUT2D eigenvalue weighted by molar-refractivity contribution is 0.268. The highest BCUT2D eigenvalue weighted by molar-refractivity contribution is 5.95. The minimum absolute atomic E-state index is 0. The van der Waals surface area contributed by atoms with Crippen molar-refractivity contribution >= 4 is 41.4 Å². The van der Waals surface area contributed by atoms with E-state index in [-0.39, 0.29) is 36.3 Å². The molecule has 0 spiro atoms. The highest BCUT2D eigenvalue weighted by Crippen LogP contribution is 2.35. The zero-order chi connectivity index (χ0) is 15.0. The van der Waals surface area contributed by atoms with E-state index >= 15 is 0 Å². The molecule has 0 aliphatic carbocycles. The number of fused-ring (bicyclic) bond motifs is 1. The van der Waals surface area contributed by atoms with E-state index in [1.54, 1.807) is 6.20 Å². The van der Waals surface area contributed by atoms with E-state index in [1.165, 1.54) is 0 Å². The molecule has 1 unspecified atom stereocenters. The van der Waals surface area contributed by atoms with Crippen LogP contribution in [0, 0.1) is 16.7 Å². The second kappa shape index (κ2) is 7.35. The summed E-state index contributed by atoms with van der Waals surface area (Å²) >= 11 is 0. The fourth-order valence-corrected chi connectivity index (χ4v) is 3.41. The first-order valence-corrected chi connectivity index (χ1v) is 7.28. The minimum Gasteiger partial charge on any atom is -0.369 e. The molecule has 0 bridgehead atoms. The van der Waals surface area contributed by atoms with E-state index in [0.29, 0.717) is 5.56 Å². The summed E-state index contributed by atoms with van der Waals surface area (Å²) in [7, 11) is 0. The van der Waals surface area contributed by atoms with Crippen LogP contribution in [0.4, 0.5) is 5.69 Å². The number of halogens is 2. The molecule has 3 rings (SSSR count). The summed E-state index contributed by atoms with van der Waals surface area (Å²) < 4.78 is 0. The van der Waals surface area contributed by atoms with Gasteiger partial charge >= 0.3 is 0 Å². The Labute approximate surface area is 149 Å². The molecular weight excluding hydrogens is 331 g/mol. The number of anilines is 1. The number of hydrogen-bond acceptors (Lipinski definition) is 4. The van der Waals surface area contributed by atoms with Gasteiger partial charge in [0.15, 0.2) is 0 Å². The molecule has 2 N–H and O–H groups in total. The van der Waals surface area contributed by atoms with Gasteiger partial charge in [0.25, 0.3) is 0 Å². The SMILES string of the molecule is CC1(C)CC(N)CN(c2ccc(C#N)c3ncccc23)C1.Cl.Cl. The van der Waals surface area contributed by atoms with Gasteiger partial charge in [0.1, 0.15) is 6.07 Å². The van der Waals surface area contributed by atoms with Crippen molar-refractivity contribution in [3.63, 3.8) is 0 Å². The monoisotopic (exact) mass is 352 g/mol. The van der Waals surface area contributed by atoms with Gasteiger partial charge in [-0.25, -0.2) is 0 Å². The van der Waals surface area contributed by atoms with Crippen LogP contribution >= 0.6 is 24.8 Å². The van der Waals surface area contributed by atoms with Gasteiger partial charge in [-0.2, -0.15) is 5.26 Å². The van der Waals surface area contributed by atoms with Crippen molar-refractivity contribution in [3.8, 4) is 6.07 Å². The van der Waals surface area contributed by atoms with Crippen LogP contribution in [-0.4, -0.2) is 24.1 Å². The van der Waals surface area contributed by atoms with Crippen molar-refractivity contribution < 1.29 is 0 Å². The topological polar surface area (TPSA) is 65.9 Å². The van der Waals surface area contributed by atoms with E-state index in [9.17, 15) is 5.26 Å². The van der Waals surface area contributed by atoms with Crippen molar-refractivity contribution in [2.45, 2.75) is 26.3 Å². The number of pyridine rings is 1. The maximum atomic E-state index is 9.24. The molecule has 1 aromatic heterocycles. The largest absolute Gasteiger partial charge is 0.369 e. The quantitative estimate of drug-likeness (QED) is 0.852. The molecule has 1 atom stereocenters. The normalized spacial score (nSPS) is 19.4. The van der Waals surface area contributed by atoms with Gasteiger partial charge in [0, 0.05) is 36.4 Å². The Balaban J connectivity index is 0.00000132. The molecule has 6 heteroatoms. The first-order chi connectivity index (χ1) is 10.00. The number of rotatable bonds is 1. The summed E-state index contributed by atoms with van der Waals surface area (Å²) in [5.41, 5.74) is 8.94. The smallest absolute Gasteiger partial charge is 0.101 e. The van der Waals surface area contributed by atoms with Gasteiger partial charge in [0.05, 0.1) is 11.1 Å². The third-order valence-corrected chi connectivity index (χ3v) is 4.10. The molecule has 1 saturated heterocycles. The number of aromatic nitrogens is 1. The summed E-state index contributed by atoms with van der Waals surface area (Å²) in [6.45, 7) is 6.32. The Morgan fingerprint density at radius 1 is 1.30 bits per heavy atom. The second-order valence-corrected chi connectivity index (χ2v) is 6.65. The highest BCUT2D eigenvalue weighted by Gasteiger charge is 2.31. The fourth-order valence-electron chi connectivity index (χ4n) is 3.41. The lowest BCUT2D eigenvalue weighted by Crippen LogP contribution is -2.50. The first kappa shape index (κ1) is 19.5. The standard InChI is InChI=1S/C17H20N4.2ClH/c1-17(2)8-13(19)10-21(11-17)15-6-5-12(9-18)16-14(15)4-3-7-20-16;;/h3-7,13H,8,10-11,19H2,1-2H3;2*1H. The summed E-state index contributed by atoms with van der Waals surface area (Å²) in [5.74, 6) is 0. The van der Waals surface area contributed by atoms with E-state index in [2.05, 4.69) is 29.8 Å². The van der Waals surface area contributed by atoms with Crippen LogP contribution in [0.25, 0.3) is 10.9 Å². The summed E-state index contributed by atoms with van der Waals surface area (Å²) in [6.07, 6.45) is 2.77. The van der Waals surface area contributed by atoms with Crippen molar-refractivity contribution in [2.24, 2.45) is 11.1 Å². The Hall–Kier alpha value is -1.54. The maximum Gasteiger partial charge on any atom is 0.101 e. The summed E-state index contributed by atoms with van der Waals surface area (Å²) in [6, 6.07) is 10.2. The molecule has 0 saturated carbocycles. The van der Waals surface area contributed by atoms with Crippen molar-refractivity contribution in [1.29, 1.82) is 5.26 Å². The molecule has 0 radical (unpaired) electrons. The third kappa shape index (κ3) is 3.87. The van der Waals surface area contributed by atoms with E-state index in [1.807, 2.05) is 24.3 Å². The number of nitrogens with zero attached hydrogens (tertiary/aromatic N) is 3. The van der Waals surface area contributed by atoms with Crippen molar-refractivity contribution in [1.82, 2.24) is 4.98 Å². The summed E-state index contributed by atoms with van der Waals surface area (Å²) in [5, 5.41) is 10.3. The molecule has 4 nitrogen and oxygen atoms in total. The third-order valence-electron chi connectivity index (χ3n) is 4.10. The molecule has 2 aromatic rings. The Morgan fingerprint density at radius 2 is 2.04 bits per heavy atom. The number of nitriles is 1. The van der Waals surface area contributed by atoms with Crippen LogP contribution in [-0.2, 0) is 0 Å². The van der Waals surface area contributed by atoms with Crippen LogP contribution in [0.1, 0.15) is 25.8 Å². The van der Waals surface area contributed by atoms with Crippen LogP contribution in [0.3, 0.4) is 0 Å². The van der Waals surface area contributed by atoms with Gasteiger partial charge < -0.3 is 10.6 Å². The predicted molar refractivity (Wildman–Crippen MR) is 99.5 cm³/mol. The first-order valence-electron chi connectivity index (χ1n) is 7.28. The number of piperidine rings is 1. The molecule has 23 heavy (non-hydrogen) atoms. The van der Waals surface area contributed by atoms with Crippen LogP contribution < -0.4 is 10.6 Å². The average molecular weight is 353 g/mol. The molecule has 0 amide bonds. The molecule has 124 valence electrons. The number of benzene rings is 1. The van der Waals surface area contributed by atoms with Gasteiger partial charge in [-0.3, -0.25) is 4.98 Å². The summed E-state index contributed by atoms with van der Waals surface area (Å²) in [4.78, 5) is 6.72. The Bertz CT molecular complexity index is 724. The van der Waals surface area contributed by atoms with Crippen molar-refractivity contribution in [2.75, 3.05) is 18.0 Å². The molecule has 1 aromatic carbocycles. The number of hydrogen-bond donors (Lipinski definition) is 1. The lowest BCUT2D eigenvalue weighted by Gasteiger charge is -2.42.